The Morgan fingerprint density at radius 2 is 1.73 bits per heavy atom. The Morgan fingerprint density at radius 3 is 2.07 bits per heavy atom. The number of ether oxygens (including phenoxy) is 1. The van der Waals surface area contributed by atoms with Crippen LogP contribution in [-0.4, -0.2) is 31.0 Å². The molecule has 0 rings (SSSR count). The SMILES string of the molecule is C=CCOC(C)C(F)(F)C(F)C(F)(F)F. The summed E-state index contributed by atoms with van der Waals surface area (Å²) >= 11 is 0. The van der Waals surface area contributed by atoms with E-state index in [0.29, 0.717) is 6.92 Å². The molecule has 2 unspecified atom stereocenters. The van der Waals surface area contributed by atoms with Crippen LogP contribution in [0.3, 0.4) is 0 Å². The van der Waals surface area contributed by atoms with Gasteiger partial charge in [0, 0.05) is 0 Å². The molecule has 0 aromatic carbocycles. The third-order valence-electron chi connectivity index (χ3n) is 1.63. The Bertz CT molecular complexity index is 212. The van der Waals surface area contributed by atoms with Gasteiger partial charge in [0.25, 0.3) is 6.17 Å². The first-order valence-corrected chi connectivity index (χ1v) is 3.95. The zero-order chi connectivity index (χ0) is 12.3. The maximum Gasteiger partial charge on any atom is 0.425 e. The van der Waals surface area contributed by atoms with Gasteiger partial charge < -0.3 is 4.74 Å². The minimum absolute atomic E-state index is 0.374. The van der Waals surface area contributed by atoms with Crippen molar-refractivity contribution in [2.24, 2.45) is 0 Å². The van der Waals surface area contributed by atoms with Crippen LogP contribution in [0.5, 0.6) is 0 Å². The lowest BCUT2D eigenvalue weighted by Crippen LogP contribution is -2.49. The number of hydrogen-bond acceptors (Lipinski definition) is 1. The summed E-state index contributed by atoms with van der Waals surface area (Å²) in [4.78, 5) is 0. The monoisotopic (exact) mass is 236 g/mol. The van der Waals surface area contributed by atoms with E-state index in [0.717, 1.165) is 6.08 Å². The summed E-state index contributed by atoms with van der Waals surface area (Å²) in [7, 11) is 0. The molecule has 0 saturated carbocycles. The van der Waals surface area contributed by atoms with E-state index in [-0.39, 0.29) is 6.61 Å². The fourth-order valence-corrected chi connectivity index (χ4v) is 0.748. The van der Waals surface area contributed by atoms with Crippen molar-refractivity contribution in [3.8, 4) is 0 Å². The van der Waals surface area contributed by atoms with Crippen molar-refractivity contribution in [2.75, 3.05) is 6.61 Å². The molecule has 0 aliphatic rings. The van der Waals surface area contributed by atoms with Gasteiger partial charge >= 0.3 is 12.1 Å². The Kier molecular flexibility index (Phi) is 4.64. The van der Waals surface area contributed by atoms with Crippen LogP contribution >= 0.6 is 0 Å². The van der Waals surface area contributed by atoms with Crippen LogP contribution in [-0.2, 0) is 4.74 Å². The Hall–Kier alpha value is -0.720. The average Bonchev–Trinajstić information content (AvgIpc) is 2.11. The molecule has 0 amide bonds. The highest BCUT2D eigenvalue weighted by Crippen LogP contribution is 2.37. The van der Waals surface area contributed by atoms with Gasteiger partial charge in [-0.05, 0) is 6.92 Å². The summed E-state index contributed by atoms with van der Waals surface area (Å²) in [6.07, 6.45) is -10.9. The molecule has 0 bridgehead atoms. The molecule has 15 heavy (non-hydrogen) atoms. The van der Waals surface area contributed by atoms with Crippen molar-refractivity contribution in [3.63, 3.8) is 0 Å². The van der Waals surface area contributed by atoms with Crippen molar-refractivity contribution in [1.82, 2.24) is 0 Å². The molecule has 2 atom stereocenters. The summed E-state index contributed by atoms with van der Waals surface area (Å²) in [5.41, 5.74) is 0. The largest absolute Gasteiger partial charge is 0.425 e. The lowest BCUT2D eigenvalue weighted by Gasteiger charge is -2.27. The van der Waals surface area contributed by atoms with Gasteiger partial charge in [0.2, 0.25) is 0 Å². The van der Waals surface area contributed by atoms with Gasteiger partial charge in [-0.1, -0.05) is 6.08 Å². The van der Waals surface area contributed by atoms with Crippen LogP contribution in [0.2, 0.25) is 0 Å². The molecule has 0 N–H and O–H groups in total. The molecule has 90 valence electrons. The summed E-state index contributed by atoms with van der Waals surface area (Å²) in [5, 5.41) is 0. The van der Waals surface area contributed by atoms with E-state index < -0.39 is 24.4 Å². The minimum Gasteiger partial charge on any atom is -0.368 e. The predicted molar refractivity (Wildman–Crippen MR) is 41.5 cm³/mol. The van der Waals surface area contributed by atoms with E-state index in [1.165, 1.54) is 0 Å². The standard InChI is InChI=1S/C8H10F6O/c1-3-4-15-5(2)7(10,11)6(9)8(12,13)14/h3,5-6H,1,4H2,2H3. The summed E-state index contributed by atoms with van der Waals surface area (Å²) in [5.74, 6) is -4.61. The number of hydrogen-bond donors (Lipinski definition) is 0. The molecule has 7 heteroatoms. The quantitative estimate of drug-likeness (QED) is 0.526. The molecular weight excluding hydrogens is 226 g/mol. The Balaban J connectivity index is 4.57. The van der Waals surface area contributed by atoms with Gasteiger partial charge in [0.1, 0.15) is 6.10 Å². The van der Waals surface area contributed by atoms with Crippen molar-refractivity contribution in [3.05, 3.63) is 12.7 Å². The van der Waals surface area contributed by atoms with Crippen LogP contribution in [0.4, 0.5) is 26.3 Å². The van der Waals surface area contributed by atoms with E-state index in [1.54, 1.807) is 0 Å². The highest BCUT2D eigenvalue weighted by Gasteiger charge is 2.59. The fraction of sp³-hybridized carbons (Fsp3) is 0.750. The normalized spacial score (nSPS) is 17.3. The lowest BCUT2D eigenvalue weighted by molar-refractivity contribution is -0.269. The molecule has 0 saturated heterocycles. The number of rotatable bonds is 5. The van der Waals surface area contributed by atoms with E-state index >= 15 is 0 Å². The maximum atomic E-state index is 12.8. The third-order valence-corrected chi connectivity index (χ3v) is 1.63. The second kappa shape index (κ2) is 4.87. The molecule has 0 aliphatic carbocycles. The van der Waals surface area contributed by atoms with Crippen molar-refractivity contribution >= 4 is 0 Å². The molecule has 0 aromatic rings. The first kappa shape index (κ1) is 14.3. The van der Waals surface area contributed by atoms with Gasteiger partial charge in [0.05, 0.1) is 6.61 Å². The topological polar surface area (TPSA) is 9.23 Å². The third kappa shape index (κ3) is 3.73. The summed E-state index contributed by atoms with van der Waals surface area (Å²) in [6.45, 7) is 3.42. The van der Waals surface area contributed by atoms with Gasteiger partial charge in [0.15, 0.2) is 0 Å². The second-order valence-electron chi connectivity index (χ2n) is 2.84. The van der Waals surface area contributed by atoms with E-state index in [9.17, 15) is 26.3 Å². The minimum atomic E-state index is -5.60. The molecule has 0 fully saturated rings. The van der Waals surface area contributed by atoms with Crippen LogP contribution in [0.15, 0.2) is 12.7 Å². The van der Waals surface area contributed by atoms with E-state index in [1.807, 2.05) is 0 Å². The number of halogens is 6. The van der Waals surface area contributed by atoms with Crippen LogP contribution < -0.4 is 0 Å². The van der Waals surface area contributed by atoms with E-state index in [4.69, 9.17) is 0 Å². The molecule has 0 aliphatic heterocycles. The van der Waals surface area contributed by atoms with Crippen molar-refractivity contribution < 1.29 is 31.1 Å². The zero-order valence-electron chi connectivity index (χ0n) is 7.82. The van der Waals surface area contributed by atoms with Gasteiger partial charge in [-0.15, -0.1) is 6.58 Å². The van der Waals surface area contributed by atoms with Crippen LogP contribution in [0, 0.1) is 0 Å². The first-order chi connectivity index (χ1) is 6.64. The second-order valence-corrected chi connectivity index (χ2v) is 2.84. The molecular formula is C8H10F6O. The predicted octanol–water partition coefficient (Wildman–Crippen LogP) is 3.11. The smallest absolute Gasteiger partial charge is 0.368 e. The number of alkyl halides is 6. The summed E-state index contributed by atoms with van der Waals surface area (Å²) < 4.78 is 77.3. The van der Waals surface area contributed by atoms with Crippen LogP contribution in [0.1, 0.15) is 6.92 Å². The lowest BCUT2D eigenvalue weighted by atomic mass is 10.1. The molecule has 0 radical (unpaired) electrons. The molecule has 0 heterocycles. The average molecular weight is 236 g/mol. The first-order valence-electron chi connectivity index (χ1n) is 3.95. The van der Waals surface area contributed by atoms with E-state index in [2.05, 4.69) is 11.3 Å². The van der Waals surface area contributed by atoms with Crippen molar-refractivity contribution in [2.45, 2.75) is 31.3 Å². The summed E-state index contributed by atoms with van der Waals surface area (Å²) in [6, 6.07) is 0. The molecule has 1 nitrogen and oxygen atoms in total. The fourth-order valence-electron chi connectivity index (χ4n) is 0.748. The Morgan fingerprint density at radius 1 is 1.27 bits per heavy atom. The van der Waals surface area contributed by atoms with Gasteiger partial charge in [-0.2, -0.15) is 13.2 Å². The zero-order valence-corrected chi connectivity index (χ0v) is 7.82. The highest BCUT2D eigenvalue weighted by atomic mass is 19.4. The van der Waals surface area contributed by atoms with Crippen molar-refractivity contribution in [1.29, 1.82) is 0 Å². The van der Waals surface area contributed by atoms with Crippen LogP contribution in [0.25, 0.3) is 0 Å². The van der Waals surface area contributed by atoms with Gasteiger partial charge in [-0.25, -0.2) is 13.2 Å². The highest BCUT2D eigenvalue weighted by molar-refractivity contribution is 4.88. The maximum absolute atomic E-state index is 12.8. The van der Waals surface area contributed by atoms with Gasteiger partial charge in [-0.3, -0.25) is 0 Å². The molecule has 0 aromatic heterocycles. The Labute approximate surface area is 82.7 Å². The molecule has 0 spiro atoms.